The van der Waals surface area contributed by atoms with E-state index in [-0.39, 0.29) is 17.0 Å². The molecule has 0 unspecified atom stereocenters. The van der Waals surface area contributed by atoms with Crippen LogP contribution in [-0.2, 0) is 10.0 Å². The summed E-state index contributed by atoms with van der Waals surface area (Å²) < 4.78 is 25.2. The standard InChI is InChI=1S/C11H15N3O3S/c1-13(2)5-6-14-11(15)9-7-8(12)3-4-10(9)18(14,16)17/h3-4,7H,5-6,12H2,1-2H3. The Morgan fingerprint density at radius 2 is 2.00 bits per heavy atom. The van der Waals surface area contributed by atoms with Crippen molar-refractivity contribution >= 4 is 21.6 Å². The van der Waals surface area contributed by atoms with E-state index >= 15 is 0 Å². The van der Waals surface area contributed by atoms with Crippen LogP contribution < -0.4 is 5.73 Å². The van der Waals surface area contributed by atoms with Gasteiger partial charge in [0.05, 0.1) is 12.1 Å². The van der Waals surface area contributed by atoms with Crippen molar-refractivity contribution < 1.29 is 13.2 Å². The maximum atomic E-state index is 12.2. The van der Waals surface area contributed by atoms with Gasteiger partial charge in [-0.25, -0.2) is 12.7 Å². The van der Waals surface area contributed by atoms with Gasteiger partial charge in [-0.15, -0.1) is 0 Å². The van der Waals surface area contributed by atoms with Gasteiger partial charge < -0.3 is 10.6 Å². The van der Waals surface area contributed by atoms with Gasteiger partial charge in [0.2, 0.25) is 0 Å². The molecular weight excluding hydrogens is 254 g/mol. The number of hydrogen-bond donors (Lipinski definition) is 1. The van der Waals surface area contributed by atoms with Crippen LogP contribution in [0, 0.1) is 0 Å². The van der Waals surface area contributed by atoms with Crippen LogP contribution in [0.5, 0.6) is 0 Å². The number of nitrogen functional groups attached to an aromatic ring is 1. The number of hydrogen-bond acceptors (Lipinski definition) is 5. The Morgan fingerprint density at radius 3 is 2.61 bits per heavy atom. The first-order valence-corrected chi connectivity index (χ1v) is 6.89. The molecule has 0 aliphatic carbocycles. The molecule has 1 aliphatic rings. The Bertz CT molecular complexity index is 596. The molecule has 0 saturated carbocycles. The Kier molecular flexibility index (Phi) is 3.04. The number of rotatable bonds is 3. The number of carbonyl (C=O) groups excluding carboxylic acids is 1. The number of amides is 1. The van der Waals surface area contributed by atoms with Gasteiger partial charge in [-0.05, 0) is 32.3 Å². The Morgan fingerprint density at radius 1 is 1.33 bits per heavy atom. The van der Waals surface area contributed by atoms with Crippen LogP contribution in [0.25, 0.3) is 0 Å². The van der Waals surface area contributed by atoms with Crippen molar-refractivity contribution in [1.29, 1.82) is 0 Å². The number of benzene rings is 1. The molecular formula is C11H15N3O3S. The van der Waals surface area contributed by atoms with Crippen molar-refractivity contribution in [2.45, 2.75) is 4.90 Å². The number of anilines is 1. The van der Waals surface area contributed by atoms with Gasteiger partial charge >= 0.3 is 0 Å². The molecule has 0 aromatic heterocycles. The number of carbonyl (C=O) groups is 1. The highest BCUT2D eigenvalue weighted by Crippen LogP contribution is 2.31. The zero-order valence-electron chi connectivity index (χ0n) is 10.3. The Hall–Kier alpha value is -1.60. The maximum Gasteiger partial charge on any atom is 0.269 e. The van der Waals surface area contributed by atoms with Gasteiger partial charge in [-0.2, -0.15) is 0 Å². The summed E-state index contributed by atoms with van der Waals surface area (Å²) in [5.41, 5.74) is 6.12. The summed E-state index contributed by atoms with van der Waals surface area (Å²) in [5.74, 6) is -0.501. The van der Waals surface area contributed by atoms with Crippen molar-refractivity contribution in [3.05, 3.63) is 23.8 Å². The van der Waals surface area contributed by atoms with Gasteiger partial charge in [0.25, 0.3) is 15.9 Å². The van der Waals surface area contributed by atoms with Crippen molar-refractivity contribution in [2.75, 3.05) is 32.9 Å². The molecule has 0 bridgehead atoms. The second-order valence-electron chi connectivity index (χ2n) is 4.44. The van der Waals surface area contributed by atoms with Gasteiger partial charge in [-0.1, -0.05) is 0 Å². The number of nitrogens with zero attached hydrogens (tertiary/aromatic N) is 2. The highest BCUT2D eigenvalue weighted by molar-refractivity contribution is 7.90. The molecule has 1 amide bonds. The fourth-order valence-electron chi connectivity index (χ4n) is 1.81. The van der Waals surface area contributed by atoms with Gasteiger partial charge in [0.1, 0.15) is 4.90 Å². The average molecular weight is 269 g/mol. The van der Waals surface area contributed by atoms with Crippen LogP contribution in [-0.4, -0.2) is 50.7 Å². The average Bonchev–Trinajstić information content (AvgIpc) is 2.44. The summed E-state index contributed by atoms with van der Waals surface area (Å²) in [5, 5.41) is 0. The molecule has 0 spiro atoms. The van der Waals surface area contributed by atoms with E-state index in [1.165, 1.54) is 18.2 Å². The number of nitrogens with two attached hydrogens (primary N) is 1. The lowest BCUT2D eigenvalue weighted by molar-refractivity contribution is 0.0865. The molecule has 2 rings (SSSR count). The quantitative estimate of drug-likeness (QED) is 0.779. The Balaban J connectivity index is 2.41. The van der Waals surface area contributed by atoms with Crippen LogP contribution in [0.3, 0.4) is 0 Å². The summed E-state index contributed by atoms with van der Waals surface area (Å²) in [6, 6.07) is 4.28. The van der Waals surface area contributed by atoms with Gasteiger partial charge in [0, 0.05) is 12.2 Å². The van der Waals surface area contributed by atoms with Crippen molar-refractivity contribution in [2.24, 2.45) is 0 Å². The lowest BCUT2D eigenvalue weighted by Crippen LogP contribution is -2.36. The summed E-state index contributed by atoms with van der Waals surface area (Å²) in [6.45, 7) is 0.622. The zero-order valence-corrected chi connectivity index (χ0v) is 11.1. The molecule has 0 fully saturated rings. The minimum absolute atomic E-state index is 0.0421. The highest BCUT2D eigenvalue weighted by atomic mass is 32.2. The first-order valence-electron chi connectivity index (χ1n) is 5.45. The monoisotopic (exact) mass is 269 g/mol. The first kappa shape index (κ1) is 12.8. The lowest BCUT2D eigenvalue weighted by atomic mass is 10.2. The molecule has 98 valence electrons. The van der Waals surface area contributed by atoms with Crippen LogP contribution in [0.1, 0.15) is 10.4 Å². The summed E-state index contributed by atoms with van der Waals surface area (Å²) >= 11 is 0. The molecule has 7 heteroatoms. The van der Waals surface area contributed by atoms with Crippen molar-refractivity contribution in [3.8, 4) is 0 Å². The molecule has 18 heavy (non-hydrogen) atoms. The van der Waals surface area contributed by atoms with Crippen LogP contribution >= 0.6 is 0 Å². The van der Waals surface area contributed by atoms with Crippen LogP contribution in [0.15, 0.2) is 23.1 Å². The van der Waals surface area contributed by atoms with Crippen LogP contribution in [0.2, 0.25) is 0 Å². The smallest absolute Gasteiger partial charge is 0.269 e. The number of fused-ring (bicyclic) bond motifs is 1. The van der Waals surface area contributed by atoms with E-state index < -0.39 is 15.9 Å². The molecule has 0 radical (unpaired) electrons. The van der Waals surface area contributed by atoms with E-state index in [1.807, 2.05) is 19.0 Å². The maximum absolute atomic E-state index is 12.2. The lowest BCUT2D eigenvalue weighted by Gasteiger charge is -2.17. The van der Waals surface area contributed by atoms with E-state index in [9.17, 15) is 13.2 Å². The van der Waals surface area contributed by atoms with Gasteiger partial charge in [-0.3, -0.25) is 4.79 Å². The van der Waals surface area contributed by atoms with E-state index in [1.54, 1.807) is 0 Å². The predicted molar refractivity (Wildman–Crippen MR) is 67.6 cm³/mol. The molecule has 1 aliphatic heterocycles. The predicted octanol–water partition coefficient (Wildman–Crippen LogP) is -0.0251. The second-order valence-corrected chi connectivity index (χ2v) is 6.27. The fraction of sp³-hybridized carbons (Fsp3) is 0.364. The van der Waals surface area contributed by atoms with Crippen molar-refractivity contribution in [1.82, 2.24) is 9.21 Å². The molecule has 1 aromatic rings. The molecule has 2 N–H and O–H groups in total. The van der Waals surface area contributed by atoms with E-state index in [0.29, 0.717) is 12.2 Å². The first-order chi connectivity index (χ1) is 8.34. The minimum atomic E-state index is -3.71. The molecule has 0 saturated heterocycles. The summed E-state index contributed by atoms with van der Waals surface area (Å²) in [7, 11) is -0.0709. The van der Waals surface area contributed by atoms with E-state index in [4.69, 9.17) is 5.73 Å². The molecule has 1 heterocycles. The topological polar surface area (TPSA) is 83.7 Å². The largest absolute Gasteiger partial charge is 0.399 e. The molecule has 0 atom stereocenters. The third kappa shape index (κ3) is 1.95. The fourth-order valence-corrected chi connectivity index (χ4v) is 3.35. The molecule has 1 aromatic carbocycles. The zero-order chi connectivity index (χ0) is 13.5. The van der Waals surface area contributed by atoms with E-state index in [0.717, 1.165) is 4.31 Å². The van der Waals surface area contributed by atoms with Crippen molar-refractivity contribution in [3.63, 3.8) is 0 Å². The van der Waals surface area contributed by atoms with Gasteiger partial charge in [0.15, 0.2) is 0 Å². The third-order valence-electron chi connectivity index (χ3n) is 2.78. The summed E-state index contributed by atoms with van der Waals surface area (Å²) in [6.07, 6.45) is 0. The molecule has 6 nitrogen and oxygen atoms in total. The van der Waals surface area contributed by atoms with Crippen LogP contribution in [0.4, 0.5) is 5.69 Å². The second kappa shape index (κ2) is 4.25. The minimum Gasteiger partial charge on any atom is -0.399 e. The third-order valence-corrected chi connectivity index (χ3v) is 4.62. The van der Waals surface area contributed by atoms with E-state index in [2.05, 4.69) is 0 Å². The number of likely N-dealkylation sites (N-methyl/N-ethyl adjacent to an activating group) is 1. The number of sulfonamides is 1. The Labute approximate surface area is 106 Å². The SMILES string of the molecule is CN(C)CCN1C(=O)c2cc(N)ccc2S1(=O)=O. The normalized spacial score (nSPS) is 17.3. The highest BCUT2D eigenvalue weighted by Gasteiger charge is 2.40. The summed E-state index contributed by atoms with van der Waals surface area (Å²) in [4.78, 5) is 13.9.